The molecule has 4 rings (SSSR count). The van der Waals surface area contributed by atoms with E-state index >= 15 is 0 Å². The fraction of sp³-hybridized carbons (Fsp3) is 0.900. The summed E-state index contributed by atoms with van der Waals surface area (Å²) in [5.41, 5.74) is 0. The maximum absolute atomic E-state index is 11.6. The number of ketones is 1. The molecule has 4 aliphatic rings. The summed E-state index contributed by atoms with van der Waals surface area (Å²) < 4.78 is 0.926. The lowest BCUT2D eigenvalue weighted by atomic mass is 10.1. The Morgan fingerprint density at radius 3 is 1.80 bits per heavy atom. The van der Waals surface area contributed by atoms with Gasteiger partial charge in [-0.05, 0) is 6.92 Å². The van der Waals surface area contributed by atoms with Gasteiger partial charge in [-0.25, -0.2) is 14.7 Å². The lowest BCUT2D eigenvalue weighted by Gasteiger charge is -2.62. The summed E-state index contributed by atoms with van der Waals surface area (Å²) in [5, 5.41) is 0. The Morgan fingerprint density at radius 2 is 1.47 bits per heavy atom. The van der Waals surface area contributed by atoms with Crippen LogP contribution in [0.2, 0.25) is 0 Å². The molecule has 4 bridgehead atoms. The highest BCUT2D eigenvalue weighted by atomic mass is 16.1. The molecule has 1 atom stereocenters. The predicted octanol–water partition coefficient (Wildman–Crippen LogP) is -0.527. The van der Waals surface area contributed by atoms with E-state index in [-0.39, 0.29) is 6.04 Å². The monoisotopic (exact) mass is 211 g/mol. The highest BCUT2D eigenvalue weighted by molar-refractivity contribution is 5.79. The van der Waals surface area contributed by atoms with Crippen molar-refractivity contribution in [2.24, 2.45) is 0 Å². The van der Waals surface area contributed by atoms with Crippen molar-refractivity contribution in [3.63, 3.8) is 0 Å². The summed E-state index contributed by atoms with van der Waals surface area (Å²) in [6, 6.07) is 0.137. The number of rotatable bonds is 2. The minimum Gasteiger partial charge on any atom is -0.293 e. The van der Waals surface area contributed by atoms with Crippen LogP contribution < -0.4 is 0 Å². The molecule has 4 aliphatic heterocycles. The predicted molar refractivity (Wildman–Crippen MR) is 55.1 cm³/mol. The summed E-state index contributed by atoms with van der Waals surface area (Å²) in [6.45, 7) is 10.2. The first-order chi connectivity index (χ1) is 7.09. The van der Waals surface area contributed by atoms with Crippen molar-refractivity contribution < 1.29 is 9.28 Å². The second-order valence-corrected chi connectivity index (χ2v) is 5.37. The molecule has 0 aromatic rings. The normalized spacial score (nSPS) is 49.3. The zero-order valence-corrected chi connectivity index (χ0v) is 9.52. The first kappa shape index (κ1) is 9.72. The highest BCUT2D eigenvalue weighted by Gasteiger charge is 2.51. The molecule has 0 radical (unpaired) electrons. The highest BCUT2D eigenvalue weighted by Crippen LogP contribution is 2.31. The topological polar surface area (TPSA) is 26.8 Å². The van der Waals surface area contributed by atoms with Crippen LogP contribution in [0, 0.1) is 0 Å². The Morgan fingerprint density at radius 1 is 1.07 bits per heavy atom. The van der Waals surface area contributed by atoms with E-state index in [1.54, 1.807) is 6.92 Å². The molecule has 0 amide bonds. The summed E-state index contributed by atoms with van der Waals surface area (Å²) in [7, 11) is 0. The van der Waals surface area contributed by atoms with E-state index < -0.39 is 0 Å². The third kappa shape index (κ3) is 1.34. The molecule has 0 spiro atoms. The minimum absolute atomic E-state index is 0.137. The van der Waals surface area contributed by atoms with E-state index in [1.165, 1.54) is 0 Å². The van der Waals surface area contributed by atoms with E-state index in [0.29, 0.717) is 5.78 Å². The van der Waals surface area contributed by atoms with Gasteiger partial charge in [0.2, 0.25) is 0 Å². The van der Waals surface area contributed by atoms with Gasteiger partial charge < -0.3 is 0 Å². The number of carbonyl (C=O) groups is 1. The van der Waals surface area contributed by atoms with Crippen molar-refractivity contribution in [1.29, 1.82) is 0 Å². The molecule has 15 heavy (non-hydrogen) atoms. The lowest BCUT2D eigenvalue weighted by Crippen LogP contribution is -2.81. The summed E-state index contributed by atoms with van der Waals surface area (Å²) in [5.74, 6) is 0.320. The molecular weight excluding hydrogens is 192 g/mol. The van der Waals surface area contributed by atoms with Gasteiger partial charge in [-0.2, -0.15) is 0 Å². The molecule has 0 saturated carbocycles. The molecule has 0 aromatic carbocycles. The molecule has 84 valence electrons. The summed E-state index contributed by atoms with van der Waals surface area (Å²) >= 11 is 0. The Balaban J connectivity index is 1.89. The molecule has 0 aliphatic carbocycles. The van der Waals surface area contributed by atoms with Gasteiger partial charge in [-0.1, -0.05) is 0 Å². The number of hydrogen-bond donors (Lipinski definition) is 0. The van der Waals surface area contributed by atoms with Gasteiger partial charge in [-0.15, -0.1) is 0 Å². The van der Waals surface area contributed by atoms with Crippen LogP contribution in [0.3, 0.4) is 0 Å². The zero-order valence-electron chi connectivity index (χ0n) is 9.52. The van der Waals surface area contributed by atoms with Crippen LogP contribution >= 0.6 is 0 Å². The van der Waals surface area contributed by atoms with Crippen LogP contribution in [0.5, 0.6) is 0 Å². The molecule has 4 heterocycles. The third-order valence-electron chi connectivity index (χ3n) is 4.05. The van der Waals surface area contributed by atoms with E-state index in [4.69, 9.17) is 0 Å². The van der Waals surface area contributed by atoms with E-state index in [9.17, 15) is 4.79 Å². The largest absolute Gasteiger partial charge is 0.293 e. The van der Waals surface area contributed by atoms with Gasteiger partial charge in [0.15, 0.2) is 5.78 Å². The number of Topliss-reactive ketones (excluding diaryl/α,β-unsaturated/α-hetero) is 1. The summed E-state index contributed by atoms with van der Waals surface area (Å²) in [4.78, 5) is 18.9. The van der Waals surface area contributed by atoms with Crippen LogP contribution in [0.1, 0.15) is 13.8 Å². The van der Waals surface area contributed by atoms with Crippen LogP contribution in [-0.2, 0) is 4.79 Å². The van der Waals surface area contributed by atoms with Crippen molar-refractivity contribution in [3.8, 4) is 0 Å². The fourth-order valence-electron chi connectivity index (χ4n) is 3.33. The molecular formula is C10H19N4O+. The van der Waals surface area contributed by atoms with Gasteiger partial charge in [-0.3, -0.25) is 9.28 Å². The molecule has 5 heteroatoms. The average molecular weight is 211 g/mol. The Kier molecular flexibility index (Phi) is 1.95. The SMILES string of the molecule is CC(=O)C(C)[N+]12CN3CN(CN(C3)C1)C2. The van der Waals surface area contributed by atoms with Gasteiger partial charge in [0, 0.05) is 6.92 Å². The van der Waals surface area contributed by atoms with E-state index in [2.05, 4.69) is 21.6 Å². The Hall–Kier alpha value is -0.490. The Labute approximate surface area is 90.4 Å². The number of hydrogen-bond acceptors (Lipinski definition) is 4. The van der Waals surface area contributed by atoms with Crippen molar-refractivity contribution in [3.05, 3.63) is 0 Å². The molecule has 4 fully saturated rings. The number of carbonyl (C=O) groups excluding carboxylic acids is 1. The lowest BCUT2D eigenvalue weighted by molar-refractivity contribution is -0.991. The maximum Gasteiger partial charge on any atom is 0.186 e. The number of quaternary nitrogens is 1. The van der Waals surface area contributed by atoms with Crippen molar-refractivity contribution >= 4 is 5.78 Å². The average Bonchev–Trinajstić information content (AvgIpc) is 2.14. The molecule has 4 saturated heterocycles. The quantitative estimate of drug-likeness (QED) is 0.574. The Bertz CT molecular complexity index is 269. The third-order valence-corrected chi connectivity index (χ3v) is 4.05. The van der Waals surface area contributed by atoms with Gasteiger partial charge in [0.25, 0.3) is 0 Å². The first-order valence-corrected chi connectivity index (χ1v) is 5.62. The van der Waals surface area contributed by atoms with Gasteiger partial charge in [0.1, 0.15) is 26.0 Å². The standard InChI is InChI=1S/C10H19N4O/c1-9(10(2)15)14-6-11-3-12(7-14)5-13(4-11)8-14/h9H,3-8H2,1-2H3/q+1. The van der Waals surface area contributed by atoms with Crippen LogP contribution in [0.15, 0.2) is 0 Å². The molecule has 0 aromatic heterocycles. The first-order valence-electron chi connectivity index (χ1n) is 5.62. The molecule has 5 nitrogen and oxygen atoms in total. The number of nitrogens with zero attached hydrogens (tertiary/aromatic N) is 4. The fourth-order valence-corrected chi connectivity index (χ4v) is 3.33. The second-order valence-electron chi connectivity index (χ2n) is 5.37. The molecule has 1 unspecified atom stereocenters. The van der Waals surface area contributed by atoms with Gasteiger partial charge in [0.05, 0.1) is 20.0 Å². The van der Waals surface area contributed by atoms with Crippen molar-refractivity contribution in [2.75, 3.05) is 40.0 Å². The van der Waals surface area contributed by atoms with Crippen LogP contribution in [0.4, 0.5) is 0 Å². The second kappa shape index (κ2) is 3.01. The van der Waals surface area contributed by atoms with Crippen LogP contribution in [-0.4, -0.2) is 71.0 Å². The van der Waals surface area contributed by atoms with Crippen molar-refractivity contribution in [2.45, 2.75) is 19.9 Å². The minimum atomic E-state index is 0.137. The van der Waals surface area contributed by atoms with Crippen molar-refractivity contribution in [1.82, 2.24) is 14.7 Å². The van der Waals surface area contributed by atoms with E-state index in [1.807, 2.05) is 0 Å². The smallest absolute Gasteiger partial charge is 0.186 e. The maximum atomic E-state index is 11.6. The van der Waals surface area contributed by atoms with Crippen LogP contribution in [0.25, 0.3) is 0 Å². The van der Waals surface area contributed by atoms with Gasteiger partial charge >= 0.3 is 0 Å². The van der Waals surface area contributed by atoms with E-state index in [0.717, 1.165) is 44.5 Å². The molecule has 0 N–H and O–H groups in total. The summed E-state index contributed by atoms with van der Waals surface area (Å²) in [6.07, 6.45) is 0. The zero-order chi connectivity index (χ0) is 10.6.